The van der Waals surface area contributed by atoms with Crippen molar-refractivity contribution in [3.63, 3.8) is 0 Å². The Kier molecular flexibility index (Phi) is 5.73. The molecular weight excluding hydrogens is 326 g/mol. The summed E-state index contributed by atoms with van der Waals surface area (Å²) in [5.74, 6) is 0. The van der Waals surface area contributed by atoms with Gasteiger partial charge in [0, 0.05) is 11.1 Å². The second-order valence-electron chi connectivity index (χ2n) is 6.21. The van der Waals surface area contributed by atoms with Crippen LogP contribution in [0.2, 0.25) is 0 Å². The van der Waals surface area contributed by atoms with Crippen LogP contribution < -0.4 is 5.32 Å². The summed E-state index contributed by atoms with van der Waals surface area (Å²) in [4.78, 5) is 0.489. The molecule has 2 N–H and O–H groups in total. The number of thiocarbonyl (C=S) groups is 1. The summed E-state index contributed by atoms with van der Waals surface area (Å²) in [5.41, 5.74) is 1.79. The van der Waals surface area contributed by atoms with Crippen molar-refractivity contribution in [1.82, 2.24) is 15.5 Å². The fourth-order valence-electron chi connectivity index (χ4n) is 2.09. The van der Waals surface area contributed by atoms with E-state index in [1.54, 1.807) is 0 Å². The third-order valence-corrected chi connectivity index (χ3v) is 4.04. The summed E-state index contributed by atoms with van der Waals surface area (Å²) in [7, 11) is 0. The van der Waals surface area contributed by atoms with Crippen LogP contribution in [0.1, 0.15) is 43.7 Å². The van der Waals surface area contributed by atoms with Gasteiger partial charge in [0.05, 0.1) is 0 Å². The molecule has 1 aromatic carbocycles. The Labute approximate surface area is 146 Å². The first-order chi connectivity index (χ1) is 10.8. The van der Waals surface area contributed by atoms with Crippen LogP contribution in [0.15, 0.2) is 41.4 Å². The predicted octanol–water partition coefficient (Wildman–Crippen LogP) is 3.34. The Morgan fingerprint density at radius 3 is 2.43 bits per heavy atom. The number of hydrogen-bond acceptors (Lipinski definition) is 5. The number of benzene rings is 1. The summed E-state index contributed by atoms with van der Waals surface area (Å²) in [6, 6.07) is 11.3. The van der Waals surface area contributed by atoms with Crippen molar-refractivity contribution in [3.8, 4) is 0 Å². The molecule has 1 heterocycles. The van der Waals surface area contributed by atoms with Gasteiger partial charge in [-0.05, 0) is 38.7 Å². The van der Waals surface area contributed by atoms with Gasteiger partial charge in [-0.3, -0.25) is 0 Å². The van der Waals surface area contributed by atoms with E-state index in [1.165, 1.54) is 11.8 Å². The van der Waals surface area contributed by atoms with E-state index in [2.05, 4.69) is 15.5 Å². The van der Waals surface area contributed by atoms with Gasteiger partial charge in [-0.1, -0.05) is 42.5 Å². The Morgan fingerprint density at radius 1 is 1.22 bits per heavy atom. The van der Waals surface area contributed by atoms with Gasteiger partial charge in [0.2, 0.25) is 0 Å². The lowest BCUT2D eigenvalue weighted by Gasteiger charge is -2.24. The van der Waals surface area contributed by atoms with E-state index in [1.807, 2.05) is 63.4 Å². The largest absolute Gasteiger partial charge is 0.384 e. The highest BCUT2D eigenvalue weighted by molar-refractivity contribution is 7.98. The van der Waals surface area contributed by atoms with Crippen LogP contribution >= 0.6 is 24.0 Å². The van der Waals surface area contributed by atoms with Gasteiger partial charge in [0.1, 0.15) is 21.8 Å². The Hall–Kier alpha value is -1.50. The van der Waals surface area contributed by atoms with E-state index in [9.17, 15) is 5.11 Å². The third-order valence-electron chi connectivity index (χ3n) is 3.12. The molecule has 122 valence electrons. The van der Waals surface area contributed by atoms with Gasteiger partial charge in [0.25, 0.3) is 0 Å². The molecule has 6 heteroatoms. The minimum absolute atomic E-state index is 0.189. The molecular formula is C17H21N3OS2. The monoisotopic (exact) mass is 347 g/mol. The molecule has 0 saturated carbocycles. The predicted molar refractivity (Wildman–Crippen MR) is 98.9 cm³/mol. The number of aliphatic hydroxyl groups excluding tert-OH is 1. The molecule has 2 aromatic rings. The van der Waals surface area contributed by atoms with Crippen molar-refractivity contribution < 1.29 is 5.11 Å². The maximum atomic E-state index is 10.8. The molecule has 4 nitrogen and oxygen atoms in total. The van der Waals surface area contributed by atoms with Crippen molar-refractivity contribution in [3.05, 3.63) is 53.2 Å². The zero-order chi connectivity index (χ0) is 17.0. The normalized spacial score (nSPS) is 12.7. The molecule has 0 saturated heterocycles. The highest BCUT2D eigenvalue weighted by atomic mass is 32.2. The molecule has 1 unspecified atom stereocenters. The van der Waals surface area contributed by atoms with Crippen molar-refractivity contribution >= 4 is 29.0 Å². The van der Waals surface area contributed by atoms with Gasteiger partial charge >= 0.3 is 0 Å². The molecule has 23 heavy (non-hydrogen) atoms. The van der Waals surface area contributed by atoms with Crippen molar-refractivity contribution in [1.29, 1.82) is 0 Å². The quantitative estimate of drug-likeness (QED) is 0.653. The zero-order valence-electron chi connectivity index (χ0n) is 13.7. The zero-order valence-corrected chi connectivity index (χ0v) is 15.3. The van der Waals surface area contributed by atoms with E-state index < -0.39 is 6.10 Å². The van der Waals surface area contributed by atoms with Crippen LogP contribution in [-0.2, 0) is 0 Å². The van der Waals surface area contributed by atoms with E-state index >= 15 is 0 Å². The third kappa shape index (κ3) is 4.73. The van der Waals surface area contributed by atoms with E-state index in [4.69, 9.17) is 12.2 Å². The lowest BCUT2D eigenvalue weighted by molar-refractivity contribution is 0.219. The van der Waals surface area contributed by atoms with E-state index in [-0.39, 0.29) is 5.54 Å². The van der Waals surface area contributed by atoms with Crippen LogP contribution in [0.25, 0.3) is 0 Å². The first kappa shape index (κ1) is 17.8. The standard InChI is InChI=1S/C17H21N3OS2/c1-17(2,3)18-16(22)14-12(10-13(23-4)19-20-14)15(21)11-8-6-5-7-9-11/h5-10,15,21H,1-4H3,(H,18,22). The first-order valence-electron chi connectivity index (χ1n) is 7.29. The Morgan fingerprint density at radius 2 is 1.87 bits per heavy atom. The Balaban J connectivity index is 2.45. The number of aromatic nitrogens is 2. The van der Waals surface area contributed by atoms with E-state index in [0.717, 1.165) is 10.6 Å². The summed E-state index contributed by atoms with van der Waals surface area (Å²) < 4.78 is 0. The maximum absolute atomic E-state index is 10.8. The minimum atomic E-state index is -0.799. The van der Waals surface area contributed by atoms with Gasteiger partial charge in [-0.25, -0.2) is 0 Å². The summed E-state index contributed by atoms with van der Waals surface area (Å²) in [5, 5.41) is 23.2. The number of rotatable bonds is 4. The maximum Gasteiger partial charge on any atom is 0.128 e. The lowest BCUT2D eigenvalue weighted by atomic mass is 10.00. The van der Waals surface area contributed by atoms with Gasteiger partial charge in [0.15, 0.2) is 0 Å². The Bertz CT molecular complexity index is 684. The number of aliphatic hydroxyl groups is 1. The lowest BCUT2D eigenvalue weighted by Crippen LogP contribution is -2.41. The van der Waals surface area contributed by atoms with Crippen LogP contribution in [0.3, 0.4) is 0 Å². The van der Waals surface area contributed by atoms with Crippen LogP contribution in [0, 0.1) is 0 Å². The summed E-state index contributed by atoms with van der Waals surface area (Å²) in [6.07, 6.45) is 1.13. The molecule has 0 fully saturated rings. The number of hydrogen-bond donors (Lipinski definition) is 2. The molecule has 0 aliphatic heterocycles. The fourth-order valence-corrected chi connectivity index (χ4v) is 2.92. The highest BCUT2D eigenvalue weighted by Crippen LogP contribution is 2.26. The smallest absolute Gasteiger partial charge is 0.128 e. The average molecular weight is 348 g/mol. The molecule has 0 spiro atoms. The molecule has 0 aliphatic carbocycles. The highest BCUT2D eigenvalue weighted by Gasteiger charge is 2.22. The second kappa shape index (κ2) is 7.38. The molecule has 0 amide bonds. The van der Waals surface area contributed by atoms with Crippen LogP contribution in [-0.4, -0.2) is 32.1 Å². The summed E-state index contributed by atoms with van der Waals surface area (Å²) in [6.45, 7) is 6.07. The number of thioether (sulfide) groups is 1. The fraction of sp³-hybridized carbons (Fsp3) is 0.353. The molecule has 0 radical (unpaired) electrons. The first-order valence-corrected chi connectivity index (χ1v) is 8.92. The molecule has 0 bridgehead atoms. The molecule has 1 aromatic heterocycles. The number of nitrogens with zero attached hydrogens (tertiary/aromatic N) is 2. The SMILES string of the molecule is CSc1cc(C(O)c2ccccc2)c(C(=S)NC(C)(C)C)nn1. The molecule has 1 atom stereocenters. The minimum Gasteiger partial charge on any atom is -0.384 e. The van der Waals surface area contributed by atoms with Crippen molar-refractivity contribution in [2.45, 2.75) is 37.4 Å². The van der Waals surface area contributed by atoms with Crippen LogP contribution in [0.5, 0.6) is 0 Å². The van der Waals surface area contributed by atoms with Crippen molar-refractivity contribution in [2.75, 3.05) is 6.26 Å². The van der Waals surface area contributed by atoms with Gasteiger partial charge < -0.3 is 10.4 Å². The average Bonchev–Trinajstić information content (AvgIpc) is 2.52. The second-order valence-corrected chi connectivity index (χ2v) is 7.44. The van der Waals surface area contributed by atoms with Gasteiger partial charge in [-0.2, -0.15) is 0 Å². The van der Waals surface area contributed by atoms with Crippen LogP contribution in [0.4, 0.5) is 0 Å². The number of nitrogens with one attached hydrogen (secondary N) is 1. The molecule has 2 rings (SSSR count). The van der Waals surface area contributed by atoms with Gasteiger partial charge in [-0.15, -0.1) is 22.0 Å². The molecule has 0 aliphatic rings. The van der Waals surface area contributed by atoms with E-state index in [0.29, 0.717) is 16.2 Å². The van der Waals surface area contributed by atoms with Crippen molar-refractivity contribution in [2.24, 2.45) is 0 Å². The summed E-state index contributed by atoms with van der Waals surface area (Å²) >= 11 is 6.95. The topological polar surface area (TPSA) is 58.0 Å².